The monoisotopic (exact) mass is 271 g/mol. The zero-order valence-electron chi connectivity index (χ0n) is 12.2. The van der Waals surface area contributed by atoms with E-state index in [0.717, 1.165) is 18.4 Å². The van der Waals surface area contributed by atoms with Crippen LogP contribution in [-0.4, -0.2) is 11.3 Å². The lowest BCUT2D eigenvalue weighted by atomic mass is 9.77. The first-order valence-corrected chi connectivity index (χ1v) is 8.08. The van der Waals surface area contributed by atoms with Crippen LogP contribution in [0.2, 0.25) is 0 Å². The van der Waals surface area contributed by atoms with Gasteiger partial charge in [0.15, 0.2) is 5.78 Å². The highest BCUT2D eigenvalue weighted by atomic mass is 16.1. The molecule has 2 saturated carbocycles. The SMILES string of the molecule is NC1(CC(=O)c2cccc(C3CCC3)c2)CCCCC1. The van der Waals surface area contributed by atoms with Gasteiger partial charge in [0.2, 0.25) is 0 Å². The second-order valence-electron chi connectivity index (χ2n) is 6.78. The molecule has 2 nitrogen and oxygen atoms in total. The maximum Gasteiger partial charge on any atom is 0.164 e. The van der Waals surface area contributed by atoms with Gasteiger partial charge >= 0.3 is 0 Å². The van der Waals surface area contributed by atoms with Crippen molar-refractivity contribution in [1.82, 2.24) is 0 Å². The van der Waals surface area contributed by atoms with Crippen LogP contribution < -0.4 is 5.73 Å². The normalized spacial score (nSPS) is 22.2. The number of Topliss-reactive ketones (excluding diaryl/α,β-unsaturated/α-hetero) is 1. The molecule has 1 aromatic carbocycles. The average molecular weight is 271 g/mol. The molecule has 2 N–H and O–H groups in total. The number of carbonyl (C=O) groups excluding carboxylic acids is 1. The molecule has 0 unspecified atom stereocenters. The third-order valence-electron chi connectivity index (χ3n) is 5.15. The maximum atomic E-state index is 12.5. The first-order valence-electron chi connectivity index (χ1n) is 8.08. The summed E-state index contributed by atoms with van der Waals surface area (Å²) in [5, 5.41) is 0. The van der Waals surface area contributed by atoms with Crippen molar-refractivity contribution in [3.63, 3.8) is 0 Å². The smallest absolute Gasteiger partial charge is 0.164 e. The van der Waals surface area contributed by atoms with Gasteiger partial charge in [0.05, 0.1) is 0 Å². The minimum absolute atomic E-state index is 0.232. The Balaban J connectivity index is 1.70. The Bertz CT molecular complexity index is 484. The van der Waals surface area contributed by atoms with Gasteiger partial charge in [-0.3, -0.25) is 4.79 Å². The van der Waals surface area contributed by atoms with Crippen LogP contribution in [0.15, 0.2) is 24.3 Å². The van der Waals surface area contributed by atoms with Gasteiger partial charge in [0.25, 0.3) is 0 Å². The summed E-state index contributed by atoms with van der Waals surface area (Å²) in [4.78, 5) is 12.5. The van der Waals surface area contributed by atoms with Crippen LogP contribution in [0.3, 0.4) is 0 Å². The Kier molecular flexibility index (Phi) is 3.93. The zero-order valence-corrected chi connectivity index (χ0v) is 12.2. The van der Waals surface area contributed by atoms with Gasteiger partial charge in [-0.05, 0) is 43.2 Å². The quantitative estimate of drug-likeness (QED) is 0.834. The van der Waals surface area contributed by atoms with Crippen LogP contribution in [0.1, 0.15) is 79.6 Å². The summed E-state index contributed by atoms with van der Waals surface area (Å²) >= 11 is 0. The van der Waals surface area contributed by atoms with E-state index in [1.54, 1.807) is 0 Å². The van der Waals surface area contributed by atoms with Gasteiger partial charge in [-0.2, -0.15) is 0 Å². The third-order valence-corrected chi connectivity index (χ3v) is 5.15. The Hall–Kier alpha value is -1.15. The van der Waals surface area contributed by atoms with E-state index in [0.29, 0.717) is 12.3 Å². The summed E-state index contributed by atoms with van der Waals surface area (Å²) in [7, 11) is 0. The van der Waals surface area contributed by atoms with Gasteiger partial charge in [0, 0.05) is 17.5 Å². The number of benzene rings is 1. The number of ketones is 1. The van der Waals surface area contributed by atoms with E-state index in [1.165, 1.54) is 44.1 Å². The Morgan fingerprint density at radius 2 is 1.90 bits per heavy atom. The molecule has 0 radical (unpaired) electrons. The molecular formula is C18H25NO. The highest BCUT2D eigenvalue weighted by Crippen LogP contribution is 2.37. The summed E-state index contributed by atoms with van der Waals surface area (Å²) in [6, 6.07) is 8.26. The predicted octanol–water partition coefficient (Wildman–Crippen LogP) is 4.19. The second-order valence-corrected chi connectivity index (χ2v) is 6.78. The highest BCUT2D eigenvalue weighted by Gasteiger charge is 2.30. The largest absolute Gasteiger partial charge is 0.325 e. The minimum atomic E-state index is -0.248. The molecule has 1 aromatic rings. The molecule has 0 amide bonds. The standard InChI is InChI=1S/C18H25NO/c19-18(10-2-1-3-11-18)13-17(20)16-9-5-8-15(12-16)14-6-4-7-14/h5,8-9,12,14H,1-4,6-7,10-11,13,19H2. The molecule has 2 aliphatic carbocycles. The number of nitrogens with two attached hydrogens (primary N) is 1. The van der Waals surface area contributed by atoms with Crippen LogP contribution in [0.4, 0.5) is 0 Å². The van der Waals surface area contributed by atoms with Crippen LogP contribution in [0.5, 0.6) is 0 Å². The van der Waals surface area contributed by atoms with Crippen molar-refractivity contribution >= 4 is 5.78 Å². The number of carbonyl (C=O) groups is 1. The second kappa shape index (κ2) is 5.69. The molecule has 2 heteroatoms. The minimum Gasteiger partial charge on any atom is -0.325 e. The van der Waals surface area contributed by atoms with Crippen molar-refractivity contribution in [2.24, 2.45) is 5.73 Å². The van der Waals surface area contributed by atoms with Crippen molar-refractivity contribution < 1.29 is 4.79 Å². The summed E-state index contributed by atoms with van der Waals surface area (Å²) in [5.41, 5.74) is 8.37. The van der Waals surface area contributed by atoms with E-state index in [2.05, 4.69) is 12.1 Å². The molecule has 20 heavy (non-hydrogen) atoms. The van der Waals surface area contributed by atoms with E-state index < -0.39 is 0 Å². The van der Waals surface area contributed by atoms with Crippen molar-refractivity contribution in [3.8, 4) is 0 Å². The Labute approximate surface area is 121 Å². The Morgan fingerprint density at radius 3 is 2.55 bits per heavy atom. The van der Waals surface area contributed by atoms with E-state index in [9.17, 15) is 4.79 Å². The lowest BCUT2D eigenvalue weighted by Crippen LogP contribution is -2.43. The number of hydrogen-bond donors (Lipinski definition) is 1. The molecule has 108 valence electrons. The summed E-state index contributed by atoms with van der Waals surface area (Å²) in [6.45, 7) is 0. The van der Waals surface area contributed by atoms with Crippen LogP contribution in [0, 0.1) is 0 Å². The van der Waals surface area contributed by atoms with Gasteiger partial charge in [0.1, 0.15) is 0 Å². The molecule has 3 rings (SSSR count). The van der Waals surface area contributed by atoms with Crippen molar-refractivity contribution in [1.29, 1.82) is 0 Å². The molecule has 0 saturated heterocycles. The van der Waals surface area contributed by atoms with E-state index in [4.69, 9.17) is 5.73 Å². The van der Waals surface area contributed by atoms with E-state index in [-0.39, 0.29) is 11.3 Å². The van der Waals surface area contributed by atoms with Crippen LogP contribution in [0.25, 0.3) is 0 Å². The zero-order chi connectivity index (χ0) is 14.0. The molecule has 0 aliphatic heterocycles. The molecule has 0 bridgehead atoms. The van der Waals surface area contributed by atoms with Crippen molar-refractivity contribution in [2.45, 2.75) is 69.2 Å². The average Bonchev–Trinajstić information content (AvgIpc) is 2.37. The van der Waals surface area contributed by atoms with Gasteiger partial charge in [-0.1, -0.05) is 43.9 Å². The molecule has 0 atom stereocenters. The lowest BCUT2D eigenvalue weighted by Gasteiger charge is -2.33. The first-order chi connectivity index (χ1) is 9.66. The van der Waals surface area contributed by atoms with Crippen LogP contribution >= 0.6 is 0 Å². The summed E-state index contributed by atoms with van der Waals surface area (Å²) in [6.07, 6.45) is 10.0. The van der Waals surface area contributed by atoms with E-state index in [1.807, 2.05) is 12.1 Å². The fraction of sp³-hybridized carbons (Fsp3) is 0.611. The van der Waals surface area contributed by atoms with Crippen molar-refractivity contribution in [3.05, 3.63) is 35.4 Å². The molecular weight excluding hydrogens is 246 g/mol. The molecule has 0 spiro atoms. The summed E-state index contributed by atoms with van der Waals surface area (Å²) < 4.78 is 0. The highest BCUT2D eigenvalue weighted by molar-refractivity contribution is 5.97. The number of hydrogen-bond acceptors (Lipinski definition) is 2. The van der Waals surface area contributed by atoms with Gasteiger partial charge in [-0.25, -0.2) is 0 Å². The lowest BCUT2D eigenvalue weighted by molar-refractivity contribution is 0.0934. The van der Waals surface area contributed by atoms with Crippen LogP contribution in [-0.2, 0) is 0 Å². The molecule has 0 heterocycles. The van der Waals surface area contributed by atoms with E-state index >= 15 is 0 Å². The fourth-order valence-corrected chi connectivity index (χ4v) is 3.56. The third kappa shape index (κ3) is 2.95. The maximum absolute atomic E-state index is 12.5. The molecule has 2 aliphatic rings. The van der Waals surface area contributed by atoms with Crippen molar-refractivity contribution in [2.75, 3.05) is 0 Å². The Morgan fingerprint density at radius 1 is 1.15 bits per heavy atom. The first kappa shape index (κ1) is 13.8. The molecule has 0 aromatic heterocycles. The fourth-order valence-electron chi connectivity index (χ4n) is 3.56. The van der Waals surface area contributed by atoms with Gasteiger partial charge < -0.3 is 5.73 Å². The topological polar surface area (TPSA) is 43.1 Å². The predicted molar refractivity (Wildman–Crippen MR) is 82.0 cm³/mol. The molecule has 2 fully saturated rings. The van der Waals surface area contributed by atoms with Gasteiger partial charge in [-0.15, -0.1) is 0 Å². The summed E-state index contributed by atoms with van der Waals surface area (Å²) in [5.74, 6) is 0.917. The number of rotatable bonds is 4.